The fraction of sp³-hybridized carbons (Fsp3) is 0.217. The molecule has 3 aromatic rings. The Morgan fingerprint density at radius 2 is 1.82 bits per heavy atom. The van der Waals surface area contributed by atoms with Crippen LogP contribution in [0.15, 0.2) is 60.7 Å². The van der Waals surface area contributed by atoms with Crippen molar-refractivity contribution in [2.75, 3.05) is 12.1 Å². The van der Waals surface area contributed by atoms with Crippen molar-refractivity contribution in [3.05, 3.63) is 71.9 Å². The molecular weight excluding hydrogens is 352 g/mol. The number of nitrogens with zero attached hydrogens (tertiary/aromatic N) is 1. The highest BCUT2D eigenvalue weighted by Crippen LogP contribution is 2.51. The van der Waals surface area contributed by atoms with E-state index in [2.05, 4.69) is 22.4 Å². The van der Waals surface area contributed by atoms with Gasteiger partial charge in [-0.2, -0.15) is 0 Å². The van der Waals surface area contributed by atoms with E-state index in [4.69, 9.17) is 9.47 Å². The van der Waals surface area contributed by atoms with Crippen LogP contribution >= 0.6 is 0 Å². The number of pyridine rings is 1. The number of benzene rings is 2. The number of aromatic nitrogens is 1. The highest BCUT2D eigenvalue weighted by Gasteiger charge is 2.51. The van der Waals surface area contributed by atoms with Gasteiger partial charge in [0.2, 0.25) is 12.7 Å². The van der Waals surface area contributed by atoms with Crippen molar-refractivity contribution in [1.82, 2.24) is 4.98 Å². The fourth-order valence-electron chi connectivity index (χ4n) is 3.76. The molecular formula is C23H22N2O3. The van der Waals surface area contributed by atoms with Crippen molar-refractivity contribution in [2.24, 2.45) is 0 Å². The van der Waals surface area contributed by atoms with Crippen LogP contribution in [0.3, 0.4) is 0 Å². The van der Waals surface area contributed by atoms with Crippen LogP contribution in [0.1, 0.15) is 25.5 Å². The number of anilines is 1. The van der Waals surface area contributed by atoms with Crippen LogP contribution in [-0.2, 0) is 10.2 Å². The summed E-state index contributed by atoms with van der Waals surface area (Å²) in [7, 11) is 0. The summed E-state index contributed by atoms with van der Waals surface area (Å²) in [6.45, 7) is 2.19. The molecule has 5 rings (SSSR count). The topological polar surface area (TPSA) is 60.5 Å². The quantitative estimate of drug-likeness (QED) is 0.719. The third kappa shape index (κ3) is 2.80. The van der Waals surface area contributed by atoms with Crippen molar-refractivity contribution in [3.8, 4) is 22.6 Å². The molecule has 0 bridgehead atoms. The SMILES string of the molecule is Cc1nc(NC(=O)C2(c3ccc4c(c3)OCO4)CC2)ccc1-c1ccccc1.[HH]. The van der Waals surface area contributed by atoms with Gasteiger partial charge in [0, 0.05) is 12.7 Å². The van der Waals surface area contributed by atoms with Crippen molar-refractivity contribution in [3.63, 3.8) is 0 Å². The zero-order valence-corrected chi connectivity index (χ0v) is 15.6. The Morgan fingerprint density at radius 3 is 2.57 bits per heavy atom. The Morgan fingerprint density at radius 1 is 1.04 bits per heavy atom. The summed E-state index contributed by atoms with van der Waals surface area (Å²) in [5.41, 5.74) is 3.53. The molecule has 1 aliphatic heterocycles. The van der Waals surface area contributed by atoms with Crippen LogP contribution in [0.4, 0.5) is 5.82 Å². The first-order valence-electron chi connectivity index (χ1n) is 9.40. The number of hydrogen-bond donors (Lipinski definition) is 1. The average molecular weight is 374 g/mol. The molecule has 0 saturated heterocycles. The zero-order chi connectivity index (χ0) is 19.1. The fourth-order valence-corrected chi connectivity index (χ4v) is 3.76. The smallest absolute Gasteiger partial charge is 0.236 e. The van der Waals surface area contributed by atoms with Crippen molar-refractivity contribution in [2.45, 2.75) is 25.2 Å². The predicted octanol–water partition coefficient (Wildman–Crippen LogP) is 4.70. The second-order valence-electron chi connectivity index (χ2n) is 7.30. The Bertz CT molecular complexity index is 1060. The van der Waals surface area contributed by atoms with Gasteiger partial charge < -0.3 is 14.8 Å². The number of carbonyl (C=O) groups excluding carboxylic acids is 1. The molecule has 1 amide bonds. The number of fused-ring (bicyclic) bond motifs is 1. The van der Waals surface area contributed by atoms with Crippen molar-refractivity contribution in [1.29, 1.82) is 0 Å². The van der Waals surface area contributed by atoms with E-state index in [1.165, 1.54) is 0 Å². The molecule has 1 N–H and O–H groups in total. The van der Waals surface area contributed by atoms with Gasteiger partial charge in [0.05, 0.1) is 5.41 Å². The maximum atomic E-state index is 13.0. The average Bonchev–Trinajstić information content (AvgIpc) is 3.40. The van der Waals surface area contributed by atoms with E-state index in [-0.39, 0.29) is 14.1 Å². The highest BCUT2D eigenvalue weighted by molar-refractivity contribution is 6.01. The van der Waals surface area contributed by atoms with E-state index in [1.807, 2.05) is 55.5 Å². The number of aryl methyl sites for hydroxylation is 1. The standard InChI is InChI=1S/C23H20N2O3.H2/c1-15-18(16-5-3-2-4-6-16)8-10-21(24-15)25-22(26)23(11-12-23)17-7-9-19-20(13-17)28-14-27-19;/h2-10,13H,11-12,14H2,1H3,(H,24,25,26);1H. The van der Waals surface area contributed by atoms with Gasteiger partial charge in [0.1, 0.15) is 5.82 Å². The molecule has 1 fully saturated rings. The molecule has 5 nitrogen and oxygen atoms in total. The molecule has 28 heavy (non-hydrogen) atoms. The molecule has 2 heterocycles. The van der Waals surface area contributed by atoms with Gasteiger partial charge >= 0.3 is 0 Å². The molecule has 2 aromatic carbocycles. The minimum Gasteiger partial charge on any atom is -0.454 e. The molecule has 142 valence electrons. The summed E-state index contributed by atoms with van der Waals surface area (Å²) in [4.78, 5) is 17.6. The van der Waals surface area contributed by atoms with E-state index in [0.29, 0.717) is 11.6 Å². The number of rotatable bonds is 4. The minimum atomic E-state index is -0.505. The van der Waals surface area contributed by atoms with Crippen LogP contribution in [0.2, 0.25) is 0 Å². The van der Waals surface area contributed by atoms with Gasteiger partial charge in [0.15, 0.2) is 11.5 Å². The number of nitrogens with one attached hydrogen (secondary N) is 1. The number of hydrogen-bond acceptors (Lipinski definition) is 4. The van der Waals surface area contributed by atoms with Crippen LogP contribution < -0.4 is 14.8 Å². The van der Waals surface area contributed by atoms with Gasteiger partial charge in [-0.05, 0) is 55.2 Å². The maximum absolute atomic E-state index is 13.0. The number of ether oxygens (including phenoxy) is 2. The van der Waals surface area contributed by atoms with Crippen LogP contribution in [0, 0.1) is 6.92 Å². The first-order chi connectivity index (χ1) is 13.7. The van der Waals surface area contributed by atoms with Crippen LogP contribution in [0.25, 0.3) is 11.1 Å². The van der Waals surface area contributed by atoms with Crippen molar-refractivity contribution < 1.29 is 15.7 Å². The minimum absolute atomic E-state index is 0. The molecule has 1 saturated carbocycles. The van der Waals surface area contributed by atoms with Crippen LogP contribution in [-0.4, -0.2) is 17.7 Å². The first-order valence-corrected chi connectivity index (χ1v) is 9.40. The van der Waals surface area contributed by atoms with E-state index in [0.717, 1.165) is 41.0 Å². The lowest BCUT2D eigenvalue weighted by molar-refractivity contribution is -0.118. The number of amides is 1. The third-order valence-electron chi connectivity index (χ3n) is 5.52. The summed E-state index contributed by atoms with van der Waals surface area (Å²) in [5, 5.41) is 3.01. The molecule has 2 aliphatic rings. The van der Waals surface area contributed by atoms with E-state index in [9.17, 15) is 4.79 Å². The zero-order valence-electron chi connectivity index (χ0n) is 15.6. The van der Waals surface area contributed by atoms with Gasteiger partial charge in [-0.3, -0.25) is 4.79 Å². The largest absolute Gasteiger partial charge is 0.454 e. The molecule has 1 aliphatic carbocycles. The summed E-state index contributed by atoms with van der Waals surface area (Å²) >= 11 is 0. The van der Waals surface area contributed by atoms with E-state index >= 15 is 0 Å². The van der Waals surface area contributed by atoms with Crippen LogP contribution in [0.5, 0.6) is 11.5 Å². The maximum Gasteiger partial charge on any atom is 0.236 e. The monoisotopic (exact) mass is 374 g/mol. The third-order valence-corrected chi connectivity index (χ3v) is 5.52. The molecule has 1 aromatic heterocycles. The predicted molar refractivity (Wildman–Crippen MR) is 109 cm³/mol. The Labute approximate surface area is 164 Å². The lowest BCUT2D eigenvalue weighted by Gasteiger charge is -2.16. The molecule has 0 atom stereocenters. The van der Waals surface area contributed by atoms with E-state index < -0.39 is 5.41 Å². The summed E-state index contributed by atoms with van der Waals surface area (Å²) in [6, 6.07) is 19.7. The lowest BCUT2D eigenvalue weighted by atomic mass is 9.94. The summed E-state index contributed by atoms with van der Waals surface area (Å²) in [6.07, 6.45) is 1.64. The first kappa shape index (κ1) is 16.8. The van der Waals surface area contributed by atoms with E-state index in [1.54, 1.807) is 0 Å². The lowest BCUT2D eigenvalue weighted by Crippen LogP contribution is -2.28. The number of carbonyl (C=O) groups is 1. The molecule has 0 spiro atoms. The Hall–Kier alpha value is -3.34. The second-order valence-corrected chi connectivity index (χ2v) is 7.30. The normalized spacial score (nSPS) is 15.9. The Balaban J connectivity index is 0.00000205. The van der Waals surface area contributed by atoms with Crippen molar-refractivity contribution >= 4 is 11.7 Å². The summed E-state index contributed by atoms with van der Waals surface area (Å²) in [5.74, 6) is 1.99. The van der Waals surface area contributed by atoms with Gasteiger partial charge in [-0.15, -0.1) is 0 Å². The molecule has 0 unspecified atom stereocenters. The Kier molecular flexibility index (Phi) is 3.83. The van der Waals surface area contributed by atoms with Gasteiger partial charge in [-0.25, -0.2) is 4.98 Å². The second kappa shape index (κ2) is 6.37. The molecule has 5 heteroatoms. The summed E-state index contributed by atoms with van der Waals surface area (Å²) < 4.78 is 10.8. The van der Waals surface area contributed by atoms with Gasteiger partial charge in [0.25, 0.3) is 0 Å². The van der Waals surface area contributed by atoms with Gasteiger partial charge in [-0.1, -0.05) is 36.4 Å². The molecule has 0 radical (unpaired) electrons. The highest BCUT2D eigenvalue weighted by atomic mass is 16.7.